The predicted octanol–water partition coefficient (Wildman–Crippen LogP) is 4.35. The van der Waals surface area contributed by atoms with Crippen molar-refractivity contribution in [2.75, 3.05) is 0 Å². The summed E-state index contributed by atoms with van der Waals surface area (Å²) in [4.78, 5) is 0. The summed E-state index contributed by atoms with van der Waals surface area (Å²) in [6.45, 7) is 10.1. The third-order valence-electron chi connectivity index (χ3n) is 3.00. The molecule has 5 heteroatoms. The van der Waals surface area contributed by atoms with Crippen LogP contribution in [0.4, 0.5) is 0 Å². The second-order valence-corrected chi connectivity index (χ2v) is 6.91. The fourth-order valence-corrected chi connectivity index (χ4v) is 2.17. The minimum atomic E-state index is 0.0669. The van der Waals surface area contributed by atoms with Crippen molar-refractivity contribution in [3.8, 4) is 11.5 Å². The molecule has 1 aromatic carbocycles. The largest absolute Gasteiger partial charge is 0.454 e. The lowest BCUT2D eigenvalue weighted by molar-refractivity contribution is 0.414. The fourth-order valence-electron chi connectivity index (χ4n) is 1.83. The van der Waals surface area contributed by atoms with E-state index in [9.17, 15) is 0 Å². The molecule has 0 aliphatic rings. The lowest BCUT2D eigenvalue weighted by Gasteiger charge is -2.21. The molecule has 0 saturated heterocycles. The molecule has 114 valence electrons. The highest BCUT2D eigenvalue weighted by Crippen LogP contribution is 2.28. The van der Waals surface area contributed by atoms with Gasteiger partial charge in [-0.15, -0.1) is 0 Å². The van der Waals surface area contributed by atoms with Gasteiger partial charge >= 0.3 is 0 Å². The van der Waals surface area contributed by atoms with E-state index in [1.165, 1.54) is 0 Å². The number of nitrogens with one attached hydrogen (secondary N) is 1. The van der Waals surface area contributed by atoms with Crippen molar-refractivity contribution >= 4 is 15.9 Å². The zero-order chi connectivity index (χ0) is 15.5. The van der Waals surface area contributed by atoms with Crippen molar-refractivity contribution in [1.29, 1.82) is 0 Å². The van der Waals surface area contributed by atoms with Crippen LogP contribution in [0.1, 0.15) is 33.3 Å². The third-order valence-corrected chi connectivity index (χ3v) is 3.49. The average Bonchev–Trinajstić information content (AvgIpc) is 2.84. The van der Waals surface area contributed by atoms with Gasteiger partial charge in [-0.2, -0.15) is 5.10 Å². The summed E-state index contributed by atoms with van der Waals surface area (Å²) < 4.78 is 8.83. The molecule has 0 radical (unpaired) electrons. The highest BCUT2D eigenvalue weighted by Gasteiger charge is 2.12. The normalized spacial score (nSPS) is 11.7. The maximum absolute atomic E-state index is 5.98. The SMILES string of the molecule is CCn1cc(Oc2cc(Br)ccc2CNC(C)(C)C)cn1. The molecule has 0 saturated carbocycles. The fraction of sp³-hybridized carbons (Fsp3) is 0.438. The van der Waals surface area contributed by atoms with Gasteiger partial charge in [0.15, 0.2) is 5.75 Å². The summed E-state index contributed by atoms with van der Waals surface area (Å²) in [5.74, 6) is 1.60. The second kappa shape index (κ2) is 6.62. The molecule has 0 aliphatic heterocycles. The molecule has 0 unspecified atom stereocenters. The molecule has 0 amide bonds. The first kappa shape index (κ1) is 16.0. The minimum Gasteiger partial charge on any atom is -0.454 e. The van der Waals surface area contributed by atoms with Crippen molar-refractivity contribution in [2.24, 2.45) is 0 Å². The third kappa shape index (κ3) is 4.86. The monoisotopic (exact) mass is 351 g/mol. The number of aromatic nitrogens is 2. The van der Waals surface area contributed by atoms with E-state index in [1.54, 1.807) is 6.20 Å². The maximum atomic E-state index is 5.98. The van der Waals surface area contributed by atoms with Crippen molar-refractivity contribution in [3.63, 3.8) is 0 Å². The number of benzene rings is 1. The Morgan fingerprint density at radius 1 is 1.33 bits per heavy atom. The summed E-state index contributed by atoms with van der Waals surface area (Å²) in [5, 5.41) is 7.72. The van der Waals surface area contributed by atoms with Crippen LogP contribution in [-0.4, -0.2) is 15.3 Å². The number of rotatable bonds is 5. The molecule has 0 fully saturated rings. The highest BCUT2D eigenvalue weighted by atomic mass is 79.9. The van der Waals surface area contributed by atoms with Crippen LogP contribution >= 0.6 is 15.9 Å². The maximum Gasteiger partial charge on any atom is 0.165 e. The Morgan fingerprint density at radius 3 is 2.71 bits per heavy atom. The molecule has 0 aliphatic carbocycles. The zero-order valence-electron chi connectivity index (χ0n) is 13.0. The molecule has 0 bridgehead atoms. The minimum absolute atomic E-state index is 0.0669. The van der Waals surface area contributed by atoms with Crippen molar-refractivity contribution < 1.29 is 4.74 Å². The summed E-state index contributed by atoms with van der Waals surface area (Å²) in [6.07, 6.45) is 3.65. The molecule has 2 aromatic rings. The number of hydrogen-bond acceptors (Lipinski definition) is 3. The van der Waals surface area contributed by atoms with E-state index in [-0.39, 0.29) is 5.54 Å². The van der Waals surface area contributed by atoms with E-state index in [2.05, 4.69) is 60.1 Å². The van der Waals surface area contributed by atoms with Gasteiger partial charge in [-0.05, 0) is 39.8 Å². The van der Waals surface area contributed by atoms with Crippen LogP contribution < -0.4 is 10.1 Å². The first-order chi connectivity index (χ1) is 9.87. The Kier molecular flexibility index (Phi) is 5.06. The van der Waals surface area contributed by atoms with Crippen molar-refractivity contribution in [3.05, 3.63) is 40.6 Å². The van der Waals surface area contributed by atoms with E-state index >= 15 is 0 Å². The van der Waals surface area contributed by atoms with Gasteiger partial charge in [0.05, 0.1) is 12.4 Å². The molecule has 0 atom stereocenters. The lowest BCUT2D eigenvalue weighted by Crippen LogP contribution is -2.35. The van der Waals surface area contributed by atoms with Gasteiger partial charge in [0, 0.05) is 28.7 Å². The standard InChI is InChI=1S/C16H22BrN3O/c1-5-20-11-14(10-19-20)21-15-8-13(17)7-6-12(15)9-18-16(2,3)4/h6-8,10-11,18H,5,9H2,1-4H3. The van der Waals surface area contributed by atoms with Crippen LogP contribution in [0, 0.1) is 0 Å². The number of hydrogen-bond donors (Lipinski definition) is 1. The molecule has 2 rings (SSSR count). The van der Waals surface area contributed by atoms with Crippen molar-refractivity contribution in [2.45, 2.75) is 46.3 Å². The van der Waals surface area contributed by atoms with Gasteiger partial charge in [-0.3, -0.25) is 4.68 Å². The number of ether oxygens (including phenoxy) is 1. The number of halogens is 1. The molecular weight excluding hydrogens is 330 g/mol. The molecule has 4 nitrogen and oxygen atoms in total. The highest BCUT2D eigenvalue weighted by molar-refractivity contribution is 9.10. The first-order valence-electron chi connectivity index (χ1n) is 7.11. The smallest absolute Gasteiger partial charge is 0.165 e. The van der Waals surface area contributed by atoms with Gasteiger partial charge in [-0.1, -0.05) is 22.0 Å². The summed E-state index contributed by atoms with van der Waals surface area (Å²) >= 11 is 3.50. The van der Waals surface area contributed by atoms with E-state index in [4.69, 9.17) is 4.74 Å². The van der Waals surface area contributed by atoms with E-state index < -0.39 is 0 Å². The van der Waals surface area contributed by atoms with Gasteiger partial charge in [-0.25, -0.2) is 0 Å². The topological polar surface area (TPSA) is 39.1 Å². The Bertz CT molecular complexity index is 602. The quantitative estimate of drug-likeness (QED) is 0.870. The van der Waals surface area contributed by atoms with Gasteiger partial charge in [0.1, 0.15) is 5.75 Å². The van der Waals surface area contributed by atoms with E-state index in [1.807, 2.05) is 23.0 Å². The predicted molar refractivity (Wildman–Crippen MR) is 88.7 cm³/mol. The second-order valence-electron chi connectivity index (χ2n) is 5.99. The number of nitrogens with zero attached hydrogens (tertiary/aromatic N) is 2. The Labute approximate surface area is 134 Å². The van der Waals surface area contributed by atoms with Gasteiger partial charge < -0.3 is 10.1 Å². The van der Waals surface area contributed by atoms with Crippen LogP contribution in [0.3, 0.4) is 0 Å². The number of aryl methyl sites for hydroxylation is 1. The van der Waals surface area contributed by atoms with Crippen molar-refractivity contribution in [1.82, 2.24) is 15.1 Å². The van der Waals surface area contributed by atoms with Crippen LogP contribution in [0.5, 0.6) is 11.5 Å². The molecule has 0 spiro atoms. The Morgan fingerprint density at radius 2 is 2.10 bits per heavy atom. The van der Waals surface area contributed by atoms with E-state index in [0.29, 0.717) is 0 Å². The summed E-state index contributed by atoms with van der Waals surface area (Å²) in [5.41, 5.74) is 1.19. The molecule has 1 N–H and O–H groups in total. The van der Waals surface area contributed by atoms with E-state index in [0.717, 1.165) is 34.6 Å². The summed E-state index contributed by atoms with van der Waals surface area (Å²) in [7, 11) is 0. The summed E-state index contributed by atoms with van der Waals surface area (Å²) in [6, 6.07) is 6.09. The molecular formula is C16H22BrN3O. The van der Waals surface area contributed by atoms with Gasteiger partial charge in [0.25, 0.3) is 0 Å². The molecule has 1 aromatic heterocycles. The van der Waals surface area contributed by atoms with Crippen LogP contribution in [0.2, 0.25) is 0 Å². The molecule has 1 heterocycles. The van der Waals surface area contributed by atoms with Crippen LogP contribution in [0.25, 0.3) is 0 Å². The Balaban J connectivity index is 2.18. The van der Waals surface area contributed by atoms with Crippen LogP contribution in [0.15, 0.2) is 35.1 Å². The average molecular weight is 352 g/mol. The van der Waals surface area contributed by atoms with Gasteiger partial charge in [0.2, 0.25) is 0 Å². The molecule has 21 heavy (non-hydrogen) atoms. The Hall–Kier alpha value is -1.33. The van der Waals surface area contributed by atoms with Crippen LogP contribution in [-0.2, 0) is 13.1 Å². The lowest BCUT2D eigenvalue weighted by atomic mass is 10.1. The first-order valence-corrected chi connectivity index (χ1v) is 7.90. The zero-order valence-corrected chi connectivity index (χ0v) is 14.6.